The summed E-state index contributed by atoms with van der Waals surface area (Å²) >= 11 is 3.80. The summed E-state index contributed by atoms with van der Waals surface area (Å²) in [7, 11) is 0. The predicted octanol–water partition coefficient (Wildman–Crippen LogP) is 16.2. The molecule has 0 aliphatic rings. The molecule has 0 unspecified atom stereocenters. The van der Waals surface area contributed by atoms with E-state index in [4.69, 9.17) is 0 Å². The van der Waals surface area contributed by atoms with Crippen LogP contribution in [-0.2, 0) is 0 Å². The molecule has 0 atom stereocenters. The van der Waals surface area contributed by atoms with Gasteiger partial charge in [0.15, 0.2) is 0 Å². The SMILES string of the molecule is c1ccc2c(N(c3ccc(-c4cc5ccccc5c5ccccc45)cc3)c3cccc4c3sc3ccc5ccccc5c34)c3sc4ccccc4c3cc2c1. The van der Waals surface area contributed by atoms with Crippen LogP contribution < -0.4 is 4.90 Å². The van der Waals surface area contributed by atoms with E-state index in [2.05, 4.69) is 193 Å². The number of rotatable bonds is 4. The van der Waals surface area contributed by atoms with Gasteiger partial charge in [0.05, 0.1) is 20.8 Å². The summed E-state index contributed by atoms with van der Waals surface area (Å²) in [5, 5.41) is 15.4. The fourth-order valence-electron chi connectivity index (χ4n) is 8.92. The van der Waals surface area contributed by atoms with Crippen LogP contribution in [-0.4, -0.2) is 0 Å². The van der Waals surface area contributed by atoms with Gasteiger partial charge in [0.2, 0.25) is 0 Å². The minimum atomic E-state index is 1.14. The van der Waals surface area contributed by atoms with Gasteiger partial charge in [-0.15, -0.1) is 22.7 Å². The Labute approximate surface area is 325 Å². The van der Waals surface area contributed by atoms with E-state index in [1.807, 2.05) is 22.7 Å². The van der Waals surface area contributed by atoms with Crippen LogP contribution in [0.4, 0.5) is 17.1 Å². The Bertz CT molecular complexity index is 3500. The van der Waals surface area contributed by atoms with Gasteiger partial charge >= 0.3 is 0 Å². The second kappa shape index (κ2) is 12.0. The van der Waals surface area contributed by atoms with Crippen molar-refractivity contribution in [2.45, 2.75) is 0 Å². The molecule has 12 aromatic rings. The zero-order valence-electron chi connectivity index (χ0n) is 29.7. The first-order valence-electron chi connectivity index (χ1n) is 18.8. The van der Waals surface area contributed by atoms with Crippen LogP contribution in [0.3, 0.4) is 0 Å². The fourth-order valence-corrected chi connectivity index (χ4v) is 11.4. The summed E-state index contributed by atoms with van der Waals surface area (Å²) < 4.78 is 5.21. The molecule has 1 nitrogen and oxygen atoms in total. The van der Waals surface area contributed by atoms with Crippen LogP contribution in [0.2, 0.25) is 0 Å². The summed E-state index contributed by atoms with van der Waals surface area (Å²) in [4.78, 5) is 2.56. The second-order valence-electron chi connectivity index (χ2n) is 14.4. The van der Waals surface area contributed by atoms with E-state index in [9.17, 15) is 0 Å². The van der Waals surface area contributed by atoms with Gasteiger partial charge in [0.1, 0.15) is 0 Å². The summed E-state index contributed by atoms with van der Waals surface area (Å²) in [5.74, 6) is 0. The van der Waals surface area contributed by atoms with Crippen molar-refractivity contribution >= 4 is 123 Å². The summed E-state index contributed by atoms with van der Waals surface area (Å²) in [5.41, 5.74) is 6.03. The Morgan fingerprint density at radius 2 is 0.964 bits per heavy atom. The normalized spacial score (nSPS) is 12.0. The number of thiophene rings is 2. The lowest BCUT2D eigenvalue weighted by molar-refractivity contribution is 1.33. The van der Waals surface area contributed by atoms with Gasteiger partial charge in [-0.1, -0.05) is 146 Å². The topological polar surface area (TPSA) is 3.24 Å². The zero-order valence-corrected chi connectivity index (χ0v) is 31.3. The molecular weight excluding hydrogens is 703 g/mol. The third kappa shape index (κ3) is 4.64. The lowest BCUT2D eigenvalue weighted by Gasteiger charge is -2.28. The van der Waals surface area contributed by atoms with Crippen molar-refractivity contribution in [3.05, 3.63) is 188 Å². The molecule has 0 bridgehead atoms. The Morgan fingerprint density at radius 3 is 1.78 bits per heavy atom. The molecule has 12 rings (SSSR count). The molecule has 2 heterocycles. The van der Waals surface area contributed by atoms with Gasteiger partial charge in [-0.2, -0.15) is 0 Å². The molecule has 256 valence electrons. The Kier molecular flexibility index (Phi) is 6.74. The quantitative estimate of drug-likeness (QED) is 0.163. The number of fused-ring (bicyclic) bond motifs is 12. The summed E-state index contributed by atoms with van der Waals surface area (Å²) in [6, 6.07) is 69.7. The average Bonchev–Trinajstić information content (AvgIpc) is 3.83. The van der Waals surface area contributed by atoms with Crippen molar-refractivity contribution in [2.75, 3.05) is 4.90 Å². The van der Waals surface area contributed by atoms with Crippen LogP contribution in [0.15, 0.2) is 188 Å². The van der Waals surface area contributed by atoms with Crippen LogP contribution in [0.5, 0.6) is 0 Å². The van der Waals surface area contributed by atoms with E-state index in [0.717, 1.165) is 5.69 Å². The molecule has 0 aliphatic heterocycles. The molecule has 0 radical (unpaired) electrons. The highest BCUT2D eigenvalue weighted by Gasteiger charge is 2.24. The standard InChI is InChI=1S/C52H31NS2/c1-5-16-38-32(12-1)26-29-48-49(38)43-21-11-22-46(51(43)55-48)53(50-39-17-6-3-14-35(39)31-45-42-20-9-10-23-47(42)54-52(45)50)36-27-24-33(25-28-36)44-30-34-13-2-4-15-37(34)40-18-7-8-19-41(40)44/h1-31H. The number of anilines is 3. The van der Waals surface area contributed by atoms with Crippen molar-refractivity contribution in [1.82, 2.24) is 0 Å². The van der Waals surface area contributed by atoms with Crippen LogP contribution in [0, 0.1) is 0 Å². The number of hydrogen-bond donors (Lipinski definition) is 0. The molecule has 0 fully saturated rings. The molecule has 0 N–H and O–H groups in total. The molecule has 55 heavy (non-hydrogen) atoms. The van der Waals surface area contributed by atoms with Gasteiger partial charge in [0.25, 0.3) is 0 Å². The zero-order chi connectivity index (χ0) is 36.0. The number of benzene rings is 10. The minimum Gasteiger partial charge on any atom is -0.307 e. The average molecular weight is 734 g/mol. The predicted molar refractivity (Wildman–Crippen MR) is 242 cm³/mol. The molecule has 0 aliphatic carbocycles. The van der Waals surface area contributed by atoms with Crippen LogP contribution in [0.1, 0.15) is 0 Å². The highest BCUT2D eigenvalue weighted by Crippen LogP contribution is 2.52. The van der Waals surface area contributed by atoms with Gasteiger partial charge in [-0.3, -0.25) is 0 Å². The first kappa shape index (κ1) is 30.9. The summed E-state index contributed by atoms with van der Waals surface area (Å²) in [6.45, 7) is 0. The van der Waals surface area contributed by atoms with Crippen molar-refractivity contribution in [2.24, 2.45) is 0 Å². The van der Waals surface area contributed by atoms with E-state index in [-0.39, 0.29) is 0 Å². The number of nitrogens with zero attached hydrogens (tertiary/aromatic N) is 1. The Morgan fingerprint density at radius 1 is 0.345 bits per heavy atom. The van der Waals surface area contributed by atoms with Gasteiger partial charge in [0, 0.05) is 42.0 Å². The fraction of sp³-hybridized carbons (Fsp3) is 0. The maximum Gasteiger partial charge on any atom is 0.0719 e. The second-order valence-corrected chi connectivity index (χ2v) is 16.5. The van der Waals surface area contributed by atoms with E-state index in [0.29, 0.717) is 0 Å². The van der Waals surface area contributed by atoms with Crippen LogP contribution in [0.25, 0.3) is 94.6 Å². The first-order chi connectivity index (χ1) is 27.3. The Balaban J connectivity index is 1.16. The molecule has 0 saturated carbocycles. The molecule has 10 aromatic carbocycles. The minimum absolute atomic E-state index is 1.14. The molecule has 3 heteroatoms. The van der Waals surface area contributed by atoms with Crippen molar-refractivity contribution in [3.63, 3.8) is 0 Å². The van der Waals surface area contributed by atoms with E-state index < -0.39 is 0 Å². The smallest absolute Gasteiger partial charge is 0.0719 e. The maximum absolute atomic E-state index is 2.56. The van der Waals surface area contributed by atoms with Gasteiger partial charge in [-0.25, -0.2) is 0 Å². The van der Waals surface area contributed by atoms with E-state index >= 15 is 0 Å². The van der Waals surface area contributed by atoms with Crippen LogP contribution >= 0.6 is 22.7 Å². The molecule has 0 spiro atoms. The highest BCUT2D eigenvalue weighted by molar-refractivity contribution is 7.27. The van der Waals surface area contributed by atoms with Gasteiger partial charge in [-0.05, 0) is 91.3 Å². The Hall–Kier alpha value is -6.52. The maximum atomic E-state index is 2.56. The summed E-state index contributed by atoms with van der Waals surface area (Å²) in [6.07, 6.45) is 0. The van der Waals surface area contributed by atoms with E-state index in [1.54, 1.807) is 0 Å². The molecule has 2 aromatic heterocycles. The molecule has 0 saturated heterocycles. The van der Waals surface area contributed by atoms with Crippen molar-refractivity contribution in [3.8, 4) is 11.1 Å². The lowest BCUT2D eigenvalue weighted by atomic mass is 9.93. The lowest BCUT2D eigenvalue weighted by Crippen LogP contribution is -2.11. The van der Waals surface area contributed by atoms with Gasteiger partial charge < -0.3 is 4.90 Å². The van der Waals surface area contributed by atoms with E-state index in [1.165, 1.54) is 106 Å². The monoisotopic (exact) mass is 733 g/mol. The largest absolute Gasteiger partial charge is 0.307 e. The third-order valence-corrected chi connectivity index (χ3v) is 13.8. The first-order valence-corrected chi connectivity index (χ1v) is 20.4. The molecular formula is C52H31NS2. The molecule has 0 amide bonds. The third-order valence-electron chi connectivity index (χ3n) is 11.4. The number of hydrogen-bond acceptors (Lipinski definition) is 3. The van der Waals surface area contributed by atoms with Crippen molar-refractivity contribution < 1.29 is 0 Å². The highest BCUT2D eigenvalue weighted by atomic mass is 32.1. The van der Waals surface area contributed by atoms with Crippen molar-refractivity contribution in [1.29, 1.82) is 0 Å².